The summed E-state index contributed by atoms with van der Waals surface area (Å²) < 4.78 is 5.00. The van der Waals surface area contributed by atoms with E-state index in [0.29, 0.717) is 6.61 Å². The number of esters is 1. The molecule has 0 aliphatic heterocycles. The van der Waals surface area contributed by atoms with Gasteiger partial charge in [-0.1, -0.05) is 63.0 Å². The average Bonchev–Trinajstić information content (AvgIpc) is 2.47. The highest BCUT2D eigenvalue weighted by molar-refractivity contribution is 9.09. The summed E-state index contributed by atoms with van der Waals surface area (Å²) in [6, 6.07) is 8.65. The molecule has 0 N–H and O–H groups in total. The molecule has 22 heavy (non-hydrogen) atoms. The first-order chi connectivity index (χ1) is 10.5. The normalized spacial score (nSPS) is 12.4. The van der Waals surface area contributed by atoms with Gasteiger partial charge in [-0.05, 0) is 51.7 Å². The number of hydrogen-bond acceptors (Lipinski definition) is 2. The number of ether oxygens (including phenoxy) is 1. The lowest BCUT2D eigenvalue weighted by Gasteiger charge is -2.04. The van der Waals surface area contributed by atoms with Crippen molar-refractivity contribution < 1.29 is 9.53 Å². The maximum atomic E-state index is 11.0. The highest BCUT2D eigenvalue weighted by Gasteiger charge is 1.98. The van der Waals surface area contributed by atoms with Gasteiger partial charge in [0.1, 0.15) is 11.9 Å². The summed E-state index contributed by atoms with van der Waals surface area (Å²) in [5.41, 5.74) is 5.32. The van der Waals surface area contributed by atoms with Crippen LogP contribution in [-0.4, -0.2) is 17.9 Å². The van der Waals surface area contributed by atoms with Crippen LogP contribution in [0.15, 0.2) is 47.6 Å². The van der Waals surface area contributed by atoms with Crippen LogP contribution in [0.25, 0.3) is 0 Å². The van der Waals surface area contributed by atoms with E-state index in [2.05, 4.69) is 67.0 Å². The molecule has 0 bridgehead atoms. The van der Waals surface area contributed by atoms with E-state index in [4.69, 9.17) is 4.74 Å². The topological polar surface area (TPSA) is 26.3 Å². The van der Waals surface area contributed by atoms with Gasteiger partial charge in [0, 0.05) is 0 Å². The number of halogens is 1. The van der Waals surface area contributed by atoms with E-state index in [-0.39, 0.29) is 11.3 Å². The van der Waals surface area contributed by atoms with Crippen molar-refractivity contribution in [3.63, 3.8) is 0 Å². The Morgan fingerprint density at radius 2 is 2.00 bits per heavy atom. The Labute approximate surface area is 142 Å². The number of hydrogen-bond donors (Lipinski definition) is 0. The van der Waals surface area contributed by atoms with E-state index in [9.17, 15) is 4.79 Å². The van der Waals surface area contributed by atoms with Crippen LogP contribution in [0.4, 0.5) is 0 Å². The Hall–Kier alpha value is -1.35. The summed E-state index contributed by atoms with van der Waals surface area (Å²) in [6.07, 6.45) is 7.30. The highest BCUT2D eigenvalue weighted by atomic mass is 79.9. The van der Waals surface area contributed by atoms with Gasteiger partial charge in [0.2, 0.25) is 0 Å². The number of allylic oxidation sites excluding steroid dienone is 3. The zero-order valence-corrected chi connectivity index (χ0v) is 15.3. The average molecular weight is 365 g/mol. The number of carbonyl (C=O) groups is 1. The van der Waals surface area contributed by atoms with Crippen LogP contribution in [0.3, 0.4) is 0 Å². The first kappa shape index (κ1) is 18.7. The summed E-state index contributed by atoms with van der Waals surface area (Å²) in [5.74, 6) is -0.224. The zero-order valence-electron chi connectivity index (χ0n) is 13.7. The molecule has 1 rings (SSSR count). The molecule has 0 atom stereocenters. The summed E-state index contributed by atoms with van der Waals surface area (Å²) in [5, 5.41) is 0.251. The molecule has 0 unspecified atom stereocenters. The third kappa shape index (κ3) is 8.18. The van der Waals surface area contributed by atoms with Crippen LogP contribution >= 0.6 is 15.9 Å². The number of carbonyl (C=O) groups excluding carboxylic acids is 1. The van der Waals surface area contributed by atoms with Crippen molar-refractivity contribution in [1.82, 2.24) is 0 Å². The zero-order chi connectivity index (χ0) is 16.4. The Bertz CT molecular complexity index is 544. The maximum absolute atomic E-state index is 11.0. The molecule has 2 nitrogen and oxygen atoms in total. The molecule has 0 aliphatic carbocycles. The fourth-order valence-corrected chi connectivity index (χ4v) is 2.34. The van der Waals surface area contributed by atoms with Crippen LogP contribution in [0.5, 0.6) is 0 Å². The van der Waals surface area contributed by atoms with E-state index in [1.165, 1.54) is 22.3 Å². The van der Waals surface area contributed by atoms with Crippen molar-refractivity contribution in [3.8, 4) is 0 Å². The fourth-order valence-electron chi connectivity index (χ4n) is 2.18. The van der Waals surface area contributed by atoms with E-state index in [0.717, 1.165) is 19.3 Å². The van der Waals surface area contributed by atoms with Gasteiger partial charge in [-0.2, -0.15) is 0 Å². The lowest BCUT2D eigenvalue weighted by Crippen LogP contribution is -2.05. The quantitative estimate of drug-likeness (QED) is 0.362. The van der Waals surface area contributed by atoms with Crippen molar-refractivity contribution >= 4 is 21.9 Å². The molecule has 0 amide bonds. The molecule has 120 valence electrons. The Morgan fingerprint density at radius 3 is 2.68 bits per heavy atom. The molecule has 0 saturated carbocycles. The van der Waals surface area contributed by atoms with Crippen molar-refractivity contribution in [1.29, 1.82) is 0 Å². The molecule has 0 aliphatic rings. The molecule has 0 saturated heterocycles. The summed E-state index contributed by atoms with van der Waals surface area (Å²) in [7, 11) is 0. The van der Waals surface area contributed by atoms with Gasteiger partial charge in [0.15, 0.2) is 0 Å². The van der Waals surface area contributed by atoms with Crippen molar-refractivity contribution in [3.05, 3.63) is 58.7 Å². The number of alkyl halides is 1. The van der Waals surface area contributed by atoms with Gasteiger partial charge >= 0.3 is 5.97 Å². The minimum Gasteiger partial charge on any atom is -0.461 e. The van der Waals surface area contributed by atoms with Gasteiger partial charge in [-0.25, -0.2) is 0 Å². The first-order valence-electron chi connectivity index (χ1n) is 7.59. The monoisotopic (exact) mass is 364 g/mol. The molecule has 0 heterocycles. The Balaban J connectivity index is 2.34. The first-order valence-corrected chi connectivity index (χ1v) is 8.72. The van der Waals surface area contributed by atoms with Crippen LogP contribution in [0, 0.1) is 6.92 Å². The SMILES string of the molecule is C/C(=C\COC(=O)CBr)CC/C=C(\C)Cc1cccc(C)c1. The van der Waals surface area contributed by atoms with Crippen LogP contribution in [0.1, 0.15) is 37.8 Å². The second kappa shape index (κ2) is 10.4. The second-order valence-electron chi connectivity index (χ2n) is 5.62. The molecule has 0 radical (unpaired) electrons. The van der Waals surface area contributed by atoms with E-state index >= 15 is 0 Å². The third-order valence-electron chi connectivity index (χ3n) is 3.38. The Kier molecular flexibility index (Phi) is 8.83. The fraction of sp³-hybridized carbons (Fsp3) is 0.421. The lowest BCUT2D eigenvalue weighted by molar-refractivity contribution is -0.139. The molecule has 0 fully saturated rings. The molecule has 0 aromatic heterocycles. The van der Waals surface area contributed by atoms with Gasteiger partial charge in [-0.15, -0.1) is 0 Å². The lowest BCUT2D eigenvalue weighted by atomic mass is 10.0. The standard InChI is InChI=1S/C19H25BrO2/c1-15(10-11-22-19(21)14-20)6-4-7-16(2)12-18-9-5-8-17(3)13-18/h5,7-10,13H,4,6,11-12,14H2,1-3H3/b15-10+,16-7+. The van der Waals surface area contributed by atoms with E-state index in [1.807, 2.05) is 6.08 Å². The Morgan fingerprint density at radius 1 is 1.23 bits per heavy atom. The molecule has 3 heteroatoms. The minimum atomic E-state index is -0.224. The van der Waals surface area contributed by atoms with Crippen LogP contribution in [0.2, 0.25) is 0 Å². The number of rotatable bonds is 8. The molecular formula is C19H25BrO2. The minimum absolute atomic E-state index is 0.224. The third-order valence-corrected chi connectivity index (χ3v) is 3.84. The number of aryl methyl sites for hydroxylation is 1. The smallest absolute Gasteiger partial charge is 0.316 e. The maximum Gasteiger partial charge on any atom is 0.316 e. The van der Waals surface area contributed by atoms with Gasteiger partial charge in [0.05, 0.1) is 0 Å². The second-order valence-corrected chi connectivity index (χ2v) is 6.18. The van der Waals surface area contributed by atoms with Gasteiger partial charge in [-0.3, -0.25) is 4.79 Å². The molecule has 1 aromatic rings. The molecule has 1 aromatic carbocycles. The van der Waals surface area contributed by atoms with Gasteiger partial charge in [0.25, 0.3) is 0 Å². The highest BCUT2D eigenvalue weighted by Crippen LogP contribution is 2.12. The van der Waals surface area contributed by atoms with Crippen molar-refractivity contribution in [2.75, 3.05) is 11.9 Å². The van der Waals surface area contributed by atoms with E-state index in [1.54, 1.807) is 0 Å². The predicted molar refractivity (Wildman–Crippen MR) is 96.4 cm³/mol. The van der Waals surface area contributed by atoms with Crippen LogP contribution < -0.4 is 0 Å². The summed E-state index contributed by atoms with van der Waals surface area (Å²) in [6.45, 7) is 6.74. The van der Waals surface area contributed by atoms with Crippen molar-refractivity contribution in [2.45, 2.75) is 40.0 Å². The molecular weight excluding hydrogens is 340 g/mol. The number of benzene rings is 1. The summed E-state index contributed by atoms with van der Waals surface area (Å²) >= 11 is 3.07. The van der Waals surface area contributed by atoms with Gasteiger partial charge < -0.3 is 4.74 Å². The van der Waals surface area contributed by atoms with E-state index < -0.39 is 0 Å². The predicted octanol–water partition coefficient (Wildman–Crippen LogP) is 5.15. The summed E-state index contributed by atoms with van der Waals surface area (Å²) in [4.78, 5) is 11.0. The van der Waals surface area contributed by atoms with Crippen molar-refractivity contribution in [2.24, 2.45) is 0 Å². The molecule has 0 spiro atoms. The van der Waals surface area contributed by atoms with Crippen LogP contribution in [-0.2, 0) is 16.0 Å². The largest absolute Gasteiger partial charge is 0.461 e.